The maximum atomic E-state index is 13.5. The Hall–Kier alpha value is -3.18. The molecule has 3 aromatic rings. The standard InChI is InChI=1S/C21H17F4N3O3S/c1-11-8-26-20(32-11)28-13(9-29)10-31-18-14(3-2-4-17(18)28)19(30)27-12-5-6-16(22)15(7-12)21(23,24)25/h2-8,13,29H,9-10H2,1H3,(H,27,30)/t13-/m0/s1. The Kier molecular flexibility index (Phi) is 5.78. The number of nitrogens with one attached hydrogen (secondary N) is 1. The first-order valence-electron chi connectivity index (χ1n) is 9.45. The fraction of sp³-hybridized carbons (Fsp3) is 0.238. The Bertz CT molecular complexity index is 1170. The molecule has 1 aliphatic rings. The number of anilines is 3. The average Bonchev–Trinajstić information content (AvgIpc) is 3.18. The van der Waals surface area contributed by atoms with E-state index >= 15 is 0 Å². The summed E-state index contributed by atoms with van der Waals surface area (Å²) in [4.78, 5) is 20.0. The van der Waals surface area contributed by atoms with Gasteiger partial charge in [-0.2, -0.15) is 13.2 Å². The molecule has 0 aliphatic carbocycles. The molecule has 0 spiro atoms. The molecule has 0 fully saturated rings. The third-order valence-electron chi connectivity index (χ3n) is 4.84. The van der Waals surface area contributed by atoms with Crippen molar-refractivity contribution < 1.29 is 32.2 Å². The first-order valence-corrected chi connectivity index (χ1v) is 10.3. The van der Waals surface area contributed by atoms with Crippen molar-refractivity contribution in [1.29, 1.82) is 0 Å². The first-order chi connectivity index (χ1) is 15.2. The van der Waals surface area contributed by atoms with Crippen LogP contribution in [0.5, 0.6) is 5.75 Å². The maximum Gasteiger partial charge on any atom is 0.419 e. The van der Waals surface area contributed by atoms with Gasteiger partial charge in [0.2, 0.25) is 0 Å². The second-order valence-corrected chi connectivity index (χ2v) is 8.28. The van der Waals surface area contributed by atoms with E-state index in [9.17, 15) is 27.5 Å². The highest BCUT2D eigenvalue weighted by atomic mass is 32.1. The number of fused-ring (bicyclic) bond motifs is 1. The van der Waals surface area contributed by atoms with Crippen molar-refractivity contribution in [2.45, 2.75) is 19.1 Å². The van der Waals surface area contributed by atoms with Crippen molar-refractivity contribution in [1.82, 2.24) is 4.98 Å². The van der Waals surface area contributed by atoms with Crippen molar-refractivity contribution >= 4 is 33.8 Å². The van der Waals surface area contributed by atoms with Gasteiger partial charge >= 0.3 is 6.18 Å². The lowest BCUT2D eigenvalue weighted by molar-refractivity contribution is -0.139. The number of carbonyl (C=O) groups excluding carboxylic acids is 1. The van der Waals surface area contributed by atoms with Crippen LogP contribution in [0.4, 0.5) is 34.1 Å². The average molecular weight is 467 g/mol. The SMILES string of the molecule is Cc1cnc(N2c3cccc(C(=O)Nc4ccc(F)c(C(F)(F)F)c4)c3OC[C@@H]2CO)s1. The third kappa shape index (κ3) is 4.13. The molecule has 0 radical (unpaired) electrons. The van der Waals surface area contributed by atoms with Gasteiger partial charge in [0.25, 0.3) is 5.91 Å². The second-order valence-electron chi connectivity index (χ2n) is 7.07. The van der Waals surface area contributed by atoms with Crippen molar-refractivity contribution in [2.24, 2.45) is 0 Å². The normalized spacial score (nSPS) is 15.8. The number of hydrogen-bond donors (Lipinski definition) is 2. The van der Waals surface area contributed by atoms with Crippen LogP contribution >= 0.6 is 11.3 Å². The number of aromatic nitrogens is 1. The molecule has 11 heteroatoms. The predicted octanol–water partition coefficient (Wildman–Crippen LogP) is 4.75. The number of nitrogens with zero attached hydrogens (tertiary/aromatic N) is 2. The summed E-state index contributed by atoms with van der Waals surface area (Å²) in [5.41, 5.74) is -1.11. The number of halogens is 4. The number of ether oxygens (including phenoxy) is 1. The van der Waals surface area contributed by atoms with Gasteiger partial charge in [-0.15, -0.1) is 11.3 Å². The van der Waals surface area contributed by atoms with E-state index in [2.05, 4.69) is 10.3 Å². The monoisotopic (exact) mass is 467 g/mol. The van der Waals surface area contributed by atoms with Crippen molar-refractivity contribution in [3.8, 4) is 5.75 Å². The lowest BCUT2D eigenvalue weighted by Crippen LogP contribution is -2.43. The van der Waals surface area contributed by atoms with Gasteiger partial charge in [0.1, 0.15) is 12.4 Å². The van der Waals surface area contributed by atoms with Gasteiger partial charge in [-0.25, -0.2) is 9.37 Å². The van der Waals surface area contributed by atoms with E-state index in [-0.39, 0.29) is 30.2 Å². The molecule has 2 heterocycles. The molecule has 1 aromatic heterocycles. The summed E-state index contributed by atoms with van der Waals surface area (Å²) in [5.74, 6) is -1.94. The molecule has 0 saturated heterocycles. The number of benzene rings is 2. The van der Waals surface area contributed by atoms with Crippen LogP contribution in [0.2, 0.25) is 0 Å². The van der Waals surface area contributed by atoms with E-state index in [1.807, 2.05) is 6.92 Å². The molecule has 0 saturated carbocycles. The number of thiazole rings is 1. The van der Waals surface area contributed by atoms with Crippen LogP contribution in [-0.2, 0) is 6.18 Å². The number of aryl methyl sites for hydroxylation is 1. The van der Waals surface area contributed by atoms with Gasteiger partial charge in [0, 0.05) is 16.8 Å². The molecule has 1 aliphatic heterocycles. The zero-order valence-corrected chi connectivity index (χ0v) is 17.4. The number of hydrogen-bond acceptors (Lipinski definition) is 6. The zero-order valence-electron chi connectivity index (χ0n) is 16.6. The van der Waals surface area contributed by atoms with Gasteiger partial charge in [0.05, 0.1) is 29.5 Å². The highest BCUT2D eigenvalue weighted by Crippen LogP contribution is 2.42. The number of rotatable bonds is 4. The van der Waals surface area contributed by atoms with E-state index < -0.39 is 29.5 Å². The van der Waals surface area contributed by atoms with Crippen molar-refractivity contribution in [2.75, 3.05) is 23.4 Å². The Labute approximate surface area is 184 Å². The molecule has 0 unspecified atom stereocenters. The van der Waals surface area contributed by atoms with Gasteiger partial charge in [-0.1, -0.05) is 6.07 Å². The molecular formula is C21H17F4N3O3S. The zero-order chi connectivity index (χ0) is 23.0. The predicted molar refractivity (Wildman–Crippen MR) is 111 cm³/mol. The highest BCUT2D eigenvalue weighted by Gasteiger charge is 2.35. The van der Waals surface area contributed by atoms with Crippen LogP contribution in [0.25, 0.3) is 0 Å². The molecule has 1 amide bonds. The van der Waals surface area contributed by atoms with Crippen LogP contribution in [0.15, 0.2) is 42.6 Å². The molecule has 2 aromatic carbocycles. The van der Waals surface area contributed by atoms with Crippen LogP contribution < -0.4 is 15.0 Å². The van der Waals surface area contributed by atoms with Gasteiger partial charge < -0.3 is 20.1 Å². The summed E-state index contributed by atoms with van der Waals surface area (Å²) in [7, 11) is 0. The van der Waals surface area contributed by atoms with Crippen LogP contribution in [0, 0.1) is 12.7 Å². The number of amides is 1. The van der Waals surface area contributed by atoms with E-state index in [0.29, 0.717) is 23.0 Å². The number of alkyl halides is 3. The number of aliphatic hydroxyl groups is 1. The Morgan fingerprint density at radius 2 is 2.12 bits per heavy atom. The molecule has 0 bridgehead atoms. The number of carbonyl (C=O) groups is 1. The van der Waals surface area contributed by atoms with Crippen LogP contribution in [0.3, 0.4) is 0 Å². The first kappa shape index (κ1) is 22.0. The molecular weight excluding hydrogens is 450 g/mol. The summed E-state index contributed by atoms with van der Waals surface area (Å²) in [6, 6.07) is 6.56. The minimum atomic E-state index is -4.90. The maximum absolute atomic E-state index is 13.5. The molecule has 32 heavy (non-hydrogen) atoms. The van der Waals surface area contributed by atoms with E-state index in [4.69, 9.17) is 4.74 Å². The van der Waals surface area contributed by atoms with Gasteiger partial charge in [-0.05, 0) is 37.3 Å². The summed E-state index contributed by atoms with van der Waals surface area (Å²) in [6.07, 6.45) is -3.21. The third-order valence-corrected chi connectivity index (χ3v) is 5.75. The lowest BCUT2D eigenvalue weighted by atomic mass is 10.1. The quantitative estimate of drug-likeness (QED) is 0.542. The molecule has 6 nitrogen and oxygen atoms in total. The Morgan fingerprint density at radius 1 is 1.34 bits per heavy atom. The second kappa shape index (κ2) is 8.40. The van der Waals surface area contributed by atoms with Crippen molar-refractivity contribution in [3.05, 3.63) is 64.4 Å². The Balaban J connectivity index is 1.69. The van der Waals surface area contributed by atoms with Crippen molar-refractivity contribution in [3.63, 3.8) is 0 Å². The summed E-state index contributed by atoms with van der Waals surface area (Å²) in [6.45, 7) is 1.74. The topological polar surface area (TPSA) is 74.7 Å². The molecule has 1 atom stereocenters. The van der Waals surface area contributed by atoms with E-state index in [1.165, 1.54) is 17.4 Å². The summed E-state index contributed by atoms with van der Waals surface area (Å²) < 4.78 is 58.3. The Morgan fingerprint density at radius 3 is 2.78 bits per heavy atom. The highest BCUT2D eigenvalue weighted by molar-refractivity contribution is 7.15. The van der Waals surface area contributed by atoms with Gasteiger partial charge in [0.15, 0.2) is 10.9 Å². The lowest BCUT2D eigenvalue weighted by Gasteiger charge is -2.36. The van der Waals surface area contributed by atoms with Crippen LogP contribution in [0.1, 0.15) is 20.8 Å². The summed E-state index contributed by atoms with van der Waals surface area (Å²) >= 11 is 1.40. The smallest absolute Gasteiger partial charge is 0.419 e. The molecule has 2 N–H and O–H groups in total. The molecule has 4 rings (SSSR count). The largest absolute Gasteiger partial charge is 0.488 e. The van der Waals surface area contributed by atoms with E-state index in [0.717, 1.165) is 10.9 Å². The summed E-state index contributed by atoms with van der Waals surface area (Å²) in [5, 5.41) is 12.8. The number of aliphatic hydroxyl groups excluding tert-OH is 1. The van der Waals surface area contributed by atoms with Gasteiger partial charge in [-0.3, -0.25) is 4.79 Å². The number of para-hydroxylation sites is 1. The molecule has 168 valence electrons. The fourth-order valence-corrected chi connectivity index (χ4v) is 4.21. The fourth-order valence-electron chi connectivity index (χ4n) is 3.36. The minimum absolute atomic E-state index is 0.0706. The minimum Gasteiger partial charge on any atom is -0.488 e. The van der Waals surface area contributed by atoms with Crippen LogP contribution in [-0.4, -0.2) is 35.3 Å². The van der Waals surface area contributed by atoms with E-state index in [1.54, 1.807) is 23.2 Å².